The second kappa shape index (κ2) is 13.0. The molecule has 16 heteroatoms. The quantitative estimate of drug-likeness (QED) is 0.181. The number of hydrogen-bond donors (Lipinski definition) is 12. The van der Waals surface area contributed by atoms with Crippen LogP contribution in [0.25, 0.3) is 0 Å². The summed E-state index contributed by atoms with van der Waals surface area (Å²) in [6, 6.07) is 4.47. The highest BCUT2D eigenvalue weighted by Gasteiger charge is 2.52. The number of ether oxygens (including phenoxy) is 2. The number of carboxylic acid groups (broad SMARTS) is 1. The molecule has 0 bridgehead atoms. The first-order chi connectivity index (χ1) is 23.2. The van der Waals surface area contributed by atoms with Crippen molar-refractivity contribution in [3.05, 3.63) is 87.6 Å². The van der Waals surface area contributed by atoms with E-state index in [0.717, 1.165) is 23.9 Å². The van der Waals surface area contributed by atoms with E-state index in [2.05, 4.69) is 0 Å². The Morgan fingerprint density at radius 1 is 0.898 bits per heavy atom. The number of phenolic OH excluding ortho intramolecular Hbond substituents is 4. The van der Waals surface area contributed by atoms with E-state index >= 15 is 0 Å². The van der Waals surface area contributed by atoms with Gasteiger partial charge in [-0.2, -0.15) is 0 Å². The summed E-state index contributed by atoms with van der Waals surface area (Å²) in [5.74, 6) is -6.00. The van der Waals surface area contributed by atoms with Gasteiger partial charge in [0.05, 0.1) is 11.4 Å². The van der Waals surface area contributed by atoms with Gasteiger partial charge < -0.3 is 71.4 Å². The summed E-state index contributed by atoms with van der Waals surface area (Å²) in [6.07, 6.45) is -6.40. The highest BCUT2D eigenvalue weighted by atomic mass is 32.2. The van der Waals surface area contributed by atoms with Crippen molar-refractivity contribution >= 4 is 17.7 Å². The van der Waals surface area contributed by atoms with Crippen LogP contribution >= 0.6 is 11.8 Å². The third kappa shape index (κ3) is 6.11. The van der Waals surface area contributed by atoms with Gasteiger partial charge in [0.1, 0.15) is 58.9 Å². The first-order valence-electron chi connectivity index (χ1n) is 15.2. The Bertz CT molecular complexity index is 1800. The van der Waals surface area contributed by atoms with Gasteiger partial charge in [0, 0.05) is 46.9 Å². The molecule has 262 valence electrons. The third-order valence-electron chi connectivity index (χ3n) is 9.03. The molecule has 0 spiro atoms. The molecule has 2 aromatic carbocycles. The Labute approximate surface area is 282 Å². The first-order valence-corrected chi connectivity index (χ1v) is 16.2. The molecule has 2 heterocycles. The normalized spacial score (nSPS) is 30.3. The van der Waals surface area contributed by atoms with E-state index in [1.165, 1.54) is 30.4 Å². The molecule has 6 rings (SSSR count). The van der Waals surface area contributed by atoms with E-state index in [9.17, 15) is 61.0 Å². The zero-order valence-corrected chi connectivity index (χ0v) is 26.3. The predicted molar refractivity (Wildman–Crippen MR) is 171 cm³/mol. The van der Waals surface area contributed by atoms with Crippen molar-refractivity contribution in [1.29, 1.82) is 0 Å². The fraction of sp³-hybridized carbons (Fsp3) is 0.364. The molecule has 2 unspecified atom stereocenters. The van der Waals surface area contributed by atoms with Gasteiger partial charge >= 0.3 is 5.97 Å². The van der Waals surface area contributed by atoms with Gasteiger partial charge in [-0.1, -0.05) is 12.1 Å². The first kappa shape index (κ1) is 34.3. The van der Waals surface area contributed by atoms with Crippen LogP contribution < -0.4 is 10.5 Å². The van der Waals surface area contributed by atoms with Crippen LogP contribution in [0.1, 0.15) is 36.0 Å². The number of hydrogen-bond acceptors (Lipinski definition) is 15. The smallest absolute Gasteiger partial charge is 0.321 e. The minimum atomic E-state index is -1.67. The second-order valence-corrected chi connectivity index (χ2v) is 13.4. The molecule has 9 atom stereocenters. The molecule has 1 fully saturated rings. The fourth-order valence-electron chi connectivity index (χ4n) is 6.64. The number of fused-ring (bicyclic) bond motifs is 2. The SMILES string of the molecule is N[C@@H](CS[C@H]1C2=C(O)CC(O)C([C@H]3c4c(O)cc(O)cc4O[C@H](c4ccc(O)c(O)c4)[C@@H]3O)=C2O[C@H](C2=CCC(O)C(O)=C2)[C@@H]1O)C(=O)O. The summed E-state index contributed by atoms with van der Waals surface area (Å²) in [4.78, 5) is 11.6. The Morgan fingerprint density at radius 2 is 1.63 bits per heavy atom. The van der Waals surface area contributed by atoms with Crippen molar-refractivity contribution in [3.63, 3.8) is 0 Å². The molecular formula is C33H35NO14S. The van der Waals surface area contributed by atoms with Crippen LogP contribution in [0.15, 0.2) is 76.5 Å². The van der Waals surface area contributed by atoms with Crippen LogP contribution in [0.5, 0.6) is 28.7 Å². The van der Waals surface area contributed by atoms with E-state index in [1.54, 1.807) is 0 Å². The van der Waals surface area contributed by atoms with Crippen LogP contribution in [0.3, 0.4) is 0 Å². The molecule has 2 aromatic rings. The molecule has 2 aliphatic carbocycles. The summed E-state index contributed by atoms with van der Waals surface area (Å²) in [6.45, 7) is 0. The molecule has 15 nitrogen and oxygen atoms in total. The van der Waals surface area contributed by atoms with Crippen LogP contribution in [0.4, 0.5) is 0 Å². The Hall–Kier alpha value is -4.58. The van der Waals surface area contributed by atoms with Crippen molar-refractivity contribution in [2.45, 2.75) is 66.7 Å². The molecule has 2 aliphatic heterocycles. The zero-order valence-electron chi connectivity index (χ0n) is 25.5. The lowest BCUT2D eigenvalue weighted by Crippen LogP contribution is -2.49. The highest BCUT2D eigenvalue weighted by molar-refractivity contribution is 8.00. The Kier molecular flexibility index (Phi) is 9.12. The zero-order chi connectivity index (χ0) is 35.5. The van der Waals surface area contributed by atoms with Crippen molar-refractivity contribution in [2.75, 3.05) is 5.75 Å². The van der Waals surface area contributed by atoms with Crippen LogP contribution in [-0.4, -0.2) is 110 Å². The molecule has 49 heavy (non-hydrogen) atoms. The number of aliphatic carboxylic acids is 1. The predicted octanol–water partition coefficient (Wildman–Crippen LogP) is 1.32. The summed E-state index contributed by atoms with van der Waals surface area (Å²) >= 11 is 0.892. The summed E-state index contributed by atoms with van der Waals surface area (Å²) in [5.41, 5.74) is 5.97. The van der Waals surface area contributed by atoms with Crippen molar-refractivity contribution in [3.8, 4) is 28.7 Å². The number of carboxylic acids is 1. The van der Waals surface area contributed by atoms with E-state index in [-0.39, 0.29) is 51.5 Å². The number of aliphatic hydroxyl groups excluding tert-OH is 6. The Balaban J connectivity index is 1.56. The monoisotopic (exact) mass is 701 g/mol. The van der Waals surface area contributed by atoms with Gasteiger partial charge in [0.2, 0.25) is 0 Å². The molecule has 1 saturated heterocycles. The molecule has 0 aromatic heterocycles. The topological polar surface area (TPSA) is 284 Å². The lowest BCUT2D eigenvalue weighted by atomic mass is 9.73. The molecule has 4 aliphatic rings. The number of nitrogens with two attached hydrogens (primary N) is 1. The number of rotatable bonds is 7. The number of benzene rings is 2. The van der Waals surface area contributed by atoms with Gasteiger partial charge in [-0.3, -0.25) is 4.79 Å². The molecular weight excluding hydrogens is 666 g/mol. The van der Waals surface area contributed by atoms with E-state index in [0.29, 0.717) is 0 Å². The maximum Gasteiger partial charge on any atom is 0.321 e. The maximum atomic E-state index is 12.0. The van der Waals surface area contributed by atoms with Crippen LogP contribution in [0.2, 0.25) is 0 Å². The maximum absolute atomic E-state index is 12.0. The highest BCUT2D eigenvalue weighted by Crippen LogP contribution is 2.56. The summed E-state index contributed by atoms with van der Waals surface area (Å²) in [7, 11) is 0. The lowest BCUT2D eigenvalue weighted by Gasteiger charge is -2.46. The van der Waals surface area contributed by atoms with Gasteiger partial charge in [0.25, 0.3) is 0 Å². The number of phenols is 4. The number of thioether (sulfide) groups is 1. The minimum Gasteiger partial charge on any atom is -0.512 e. The largest absolute Gasteiger partial charge is 0.512 e. The van der Waals surface area contributed by atoms with E-state index < -0.39 is 101 Å². The minimum absolute atomic E-state index is 0.0337. The van der Waals surface area contributed by atoms with Gasteiger partial charge in [-0.25, -0.2) is 0 Å². The Morgan fingerprint density at radius 3 is 2.31 bits per heavy atom. The molecule has 0 radical (unpaired) electrons. The van der Waals surface area contributed by atoms with Crippen molar-refractivity contribution in [2.24, 2.45) is 5.73 Å². The van der Waals surface area contributed by atoms with Gasteiger partial charge in [-0.15, -0.1) is 11.8 Å². The number of aromatic hydroxyl groups is 4. The average molecular weight is 702 g/mol. The lowest BCUT2D eigenvalue weighted by molar-refractivity contribution is -0.137. The van der Waals surface area contributed by atoms with Crippen molar-refractivity contribution in [1.82, 2.24) is 0 Å². The standard InChI is InChI=1S/C33H35NO14S/c34-14(33(45)46)10-49-32-25-21(42)9-20(41)24(31(25)48-30(28(32)44)12-2-4-16(37)18(39)6-12)26-23-19(40)7-13(35)8-22(23)47-29(27(26)43)11-1-3-15(36)17(38)5-11/h1-3,5-8,14,16,20,26-30,32,35-44H,4,9-10,34H2,(H,45,46)/t14-,16?,20?,26+,27+,28-,29+,30+,32-/m0/s1. The van der Waals surface area contributed by atoms with Gasteiger partial charge in [-0.05, 0) is 35.8 Å². The van der Waals surface area contributed by atoms with Gasteiger partial charge in [0.15, 0.2) is 23.7 Å². The van der Waals surface area contributed by atoms with Crippen molar-refractivity contribution < 1.29 is 70.4 Å². The number of aliphatic hydroxyl groups is 6. The fourth-order valence-corrected chi connectivity index (χ4v) is 7.95. The molecule has 13 N–H and O–H groups in total. The second-order valence-electron chi connectivity index (χ2n) is 12.2. The number of allylic oxidation sites excluding steroid dienone is 1. The molecule has 0 amide bonds. The van der Waals surface area contributed by atoms with Crippen LogP contribution in [-0.2, 0) is 9.53 Å². The summed E-state index contributed by atoms with van der Waals surface area (Å²) in [5, 5.41) is 117. The number of carbonyl (C=O) groups is 1. The van der Waals surface area contributed by atoms with Crippen LogP contribution in [0, 0.1) is 0 Å². The third-order valence-corrected chi connectivity index (χ3v) is 10.5. The van der Waals surface area contributed by atoms with E-state index in [1.807, 2.05) is 0 Å². The van der Waals surface area contributed by atoms with E-state index in [4.69, 9.17) is 15.2 Å². The average Bonchev–Trinajstić information content (AvgIpc) is 3.03. The molecule has 0 saturated carbocycles. The summed E-state index contributed by atoms with van der Waals surface area (Å²) < 4.78 is 12.4.